The van der Waals surface area contributed by atoms with E-state index in [0.29, 0.717) is 5.69 Å². The molecule has 0 saturated heterocycles. The van der Waals surface area contributed by atoms with Crippen molar-refractivity contribution in [3.05, 3.63) is 16.1 Å². The van der Waals surface area contributed by atoms with Crippen LogP contribution < -0.4 is 0 Å². The topological polar surface area (TPSA) is 12.9 Å². The van der Waals surface area contributed by atoms with Crippen molar-refractivity contribution >= 4 is 11.3 Å². The molecule has 0 aliphatic carbocycles. The summed E-state index contributed by atoms with van der Waals surface area (Å²) in [5.74, 6) is 0. The van der Waals surface area contributed by atoms with Crippen molar-refractivity contribution in [3.8, 4) is 0 Å². The van der Waals surface area contributed by atoms with Gasteiger partial charge in [-0.3, -0.25) is 0 Å². The minimum atomic E-state index is -2.41. The second kappa shape index (κ2) is 2.39. The lowest BCUT2D eigenvalue weighted by Crippen LogP contribution is -1.80. The normalized spacial score (nSPS) is 10.7. The highest BCUT2D eigenvalue weighted by Gasteiger charge is 2.09. The summed E-state index contributed by atoms with van der Waals surface area (Å²) < 4.78 is 23.5. The van der Waals surface area contributed by atoms with E-state index in [9.17, 15) is 8.78 Å². The molecule has 0 aliphatic heterocycles. The van der Waals surface area contributed by atoms with Gasteiger partial charge in [0, 0.05) is 11.1 Å². The van der Waals surface area contributed by atoms with Crippen molar-refractivity contribution in [3.63, 3.8) is 0 Å². The zero-order valence-electron chi connectivity index (χ0n) is 4.77. The molecule has 0 fully saturated rings. The van der Waals surface area contributed by atoms with Crippen LogP contribution in [0.25, 0.3) is 0 Å². The number of hydrogen-bond acceptors (Lipinski definition) is 2. The van der Waals surface area contributed by atoms with Gasteiger partial charge in [-0.25, -0.2) is 13.8 Å². The molecule has 50 valence electrons. The van der Waals surface area contributed by atoms with Crippen LogP contribution in [0.5, 0.6) is 0 Å². The highest BCUT2D eigenvalue weighted by atomic mass is 32.1. The van der Waals surface area contributed by atoms with Crippen molar-refractivity contribution in [2.45, 2.75) is 13.3 Å². The molecule has 1 rings (SSSR count). The zero-order valence-corrected chi connectivity index (χ0v) is 5.58. The average Bonchev–Trinajstić information content (AvgIpc) is 2.14. The summed E-state index contributed by atoms with van der Waals surface area (Å²) in [6.07, 6.45) is -2.41. The summed E-state index contributed by atoms with van der Waals surface area (Å²) in [6, 6.07) is 0. The summed E-state index contributed by atoms with van der Waals surface area (Å²) in [7, 11) is 0. The van der Waals surface area contributed by atoms with Crippen molar-refractivity contribution in [2.24, 2.45) is 0 Å². The van der Waals surface area contributed by atoms with E-state index in [-0.39, 0.29) is 5.01 Å². The first-order chi connectivity index (χ1) is 4.20. The maximum absolute atomic E-state index is 11.7. The highest BCUT2D eigenvalue weighted by Crippen LogP contribution is 2.21. The van der Waals surface area contributed by atoms with E-state index in [4.69, 9.17) is 0 Å². The van der Waals surface area contributed by atoms with Crippen molar-refractivity contribution in [1.29, 1.82) is 0 Å². The predicted molar refractivity (Wildman–Crippen MR) is 31.8 cm³/mol. The van der Waals surface area contributed by atoms with Gasteiger partial charge in [0.05, 0.1) is 0 Å². The third-order valence-corrected chi connectivity index (χ3v) is 1.79. The Bertz CT molecular complexity index is 197. The lowest BCUT2D eigenvalue weighted by Gasteiger charge is -1.86. The van der Waals surface area contributed by atoms with E-state index in [0.717, 1.165) is 11.3 Å². The second-order valence-electron chi connectivity index (χ2n) is 1.63. The van der Waals surface area contributed by atoms with E-state index in [1.54, 1.807) is 12.3 Å². The molecule has 1 aromatic heterocycles. The van der Waals surface area contributed by atoms with Crippen LogP contribution in [0.3, 0.4) is 0 Å². The number of aryl methyl sites for hydroxylation is 1. The summed E-state index contributed by atoms with van der Waals surface area (Å²) in [4.78, 5) is 3.58. The van der Waals surface area contributed by atoms with E-state index in [2.05, 4.69) is 4.98 Å². The van der Waals surface area contributed by atoms with Gasteiger partial charge in [-0.1, -0.05) is 0 Å². The Labute approximate surface area is 55.4 Å². The fourth-order valence-electron chi connectivity index (χ4n) is 0.472. The maximum atomic E-state index is 11.7. The lowest BCUT2D eigenvalue weighted by molar-refractivity contribution is 0.151. The molecular formula is C5H5F2NS. The van der Waals surface area contributed by atoms with Gasteiger partial charge in [0.1, 0.15) is 0 Å². The molecule has 9 heavy (non-hydrogen) atoms. The van der Waals surface area contributed by atoms with Crippen LogP contribution in [0, 0.1) is 6.92 Å². The van der Waals surface area contributed by atoms with Crippen LogP contribution in [-0.2, 0) is 0 Å². The first-order valence-corrected chi connectivity index (χ1v) is 3.28. The third kappa shape index (κ3) is 1.45. The van der Waals surface area contributed by atoms with Crippen LogP contribution in [0.1, 0.15) is 17.1 Å². The Balaban J connectivity index is 2.85. The van der Waals surface area contributed by atoms with Gasteiger partial charge in [-0.05, 0) is 6.92 Å². The molecule has 0 aromatic carbocycles. The number of rotatable bonds is 1. The van der Waals surface area contributed by atoms with Gasteiger partial charge in [0.15, 0.2) is 5.01 Å². The van der Waals surface area contributed by atoms with Gasteiger partial charge in [0.25, 0.3) is 6.43 Å². The lowest BCUT2D eigenvalue weighted by atomic mass is 10.6. The predicted octanol–water partition coefficient (Wildman–Crippen LogP) is 2.39. The van der Waals surface area contributed by atoms with Gasteiger partial charge < -0.3 is 0 Å². The Morgan fingerprint density at radius 1 is 1.67 bits per heavy atom. The van der Waals surface area contributed by atoms with Crippen LogP contribution >= 0.6 is 11.3 Å². The van der Waals surface area contributed by atoms with Crippen LogP contribution in [0.15, 0.2) is 5.38 Å². The summed E-state index contributed by atoms with van der Waals surface area (Å²) >= 11 is 0.997. The van der Waals surface area contributed by atoms with Gasteiger partial charge in [-0.15, -0.1) is 11.3 Å². The molecule has 0 radical (unpaired) electrons. The van der Waals surface area contributed by atoms with E-state index in [1.807, 2.05) is 0 Å². The molecule has 4 heteroatoms. The molecule has 0 aliphatic rings. The zero-order chi connectivity index (χ0) is 6.85. The molecule has 0 unspecified atom stereocenters. The van der Waals surface area contributed by atoms with E-state index < -0.39 is 6.43 Å². The first kappa shape index (κ1) is 6.61. The Hall–Kier alpha value is -0.510. The van der Waals surface area contributed by atoms with Gasteiger partial charge in [-0.2, -0.15) is 0 Å². The largest absolute Gasteiger partial charge is 0.289 e. The number of halogens is 2. The molecule has 1 aromatic rings. The fraction of sp³-hybridized carbons (Fsp3) is 0.400. The summed E-state index contributed by atoms with van der Waals surface area (Å²) in [6.45, 7) is 1.70. The van der Waals surface area contributed by atoms with Crippen molar-refractivity contribution in [2.75, 3.05) is 0 Å². The third-order valence-electron chi connectivity index (χ3n) is 0.823. The number of nitrogens with zero attached hydrogens (tertiary/aromatic N) is 1. The summed E-state index contributed by atoms with van der Waals surface area (Å²) in [5.41, 5.74) is 0.662. The second-order valence-corrected chi connectivity index (χ2v) is 2.52. The van der Waals surface area contributed by atoms with Crippen LogP contribution in [-0.4, -0.2) is 4.98 Å². The molecule has 0 atom stereocenters. The summed E-state index contributed by atoms with van der Waals surface area (Å²) in [5, 5.41) is 1.52. The number of aromatic nitrogens is 1. The van der Waals surface area contributed by atoms with Gasteiger partial charge in [0.2, 0.25) is 0 Å². The number of alkyl halides is 2. The van der Waals surface area contributed by atoms with Crippen LogP contribution in [0.2, 0.25) is 0 Å². The molecule has 0 spiro atoms. The standard InChI is InChI=1S/C5H5F2NS/c1-3-2-9-5(8-3)4(6)7/h2,4H,1H3. The Kier molecular flexibility index (Phi) is 1.75. The van der Waals surface area contributed by atoms with E-state index in [1.165, 1.54) is 0 Å². The van der Waals surface area contributed by atoms with Crippen molar-refractivity contribution in [1.82, 2.24) is 4.98 Å². The average molecular weight is 149 g/mol. The smallest absolute Gasteiger partial charge is 0.240 e. The molecule has 1 nitrogen and oxygen atoms in total. The fourth-order valence-corrected chi connectivity index (χ4v) is 1.12. The molecule has 0 amide bonds. The van der Waals surface area contributed by atoms with Crippen LogP contribution in [0.4, 0.5) is 8.78 Å². The quantitative estimate of drug-likeness (QED) is 0.597. The highest BCUT2D eigenvalue weighted by molar-refractivity contribution is 7.09. The first-order valence-electron chi connectivity index (χ1n) is 2.40. The SMILES string of the molecule is Cc1csc(C(F)F)n1. The molecular weight excluding hydrogens is 144 g/mol. The van der Waals surface area contributed by atoms with E-state index >= 15 is 0 Å². The molecule has 0 N–H and O–H groups in total. The monoisotopic (exact) mass is 149 g/mol. The maximum Gasteiger partial charge on any atom is 0.289 e. The molecule has 0 saturated carbocycles. The Morgan fingerprint density at radius 2 is 2.33 bits per heavy atom. The molecule has 1 heterocycles. The number of thiazole rings is 1. The minimum Gasteiger partial charge on any atom is -0.240 e. The minimum absolute atomic E-state index is 0.0903. The number of hydrogen-bond donors (Lipinski definition) is 0. The molecule has 0 bridgehead atoms. The van der Waals surface area contributed by atoms with Gasteiger partial charge >= 0.3 is 0 Å². The Morgan fingerprint density at radius 3 is 2.56 bits per heavy atom. The van der Waals surface area contributed by atoms with Crippen molar-refractivity contribution < 1.29 is 8.78 Å².